The second-order valence-corrected chi connectivity index (χ2v) is 26.5. The van der Waals surface area contributed by atoms with E-state index >= 15 is 4.79 Å². The lowest BCUT2D eigenvalue weighted by atomic mass is 9.51. The van der Waals surface area contributed by atoms with E-state index in [2.05, 4.69) is 76.7 Å². The molecular formula is C72H93N7O8. The van der Waals surface area contributed by atoms with Gasteiger partial charge in [0.1, 0.15) is 24.6 Å². The Morgan fingerprint density at radius 1 is 0.931 bits per heavy atom. The maximum Gasteiger partial charge on any atom is 0.243 e. The molecule has 3 aromatic carbocycles. The van der Waals surface area contributed by atoms with E-state index in [-0.39, 0.29) is 56.3 Å². The van der Waals surface area contributed by atoms with E-state index < -0.39 is 70.6 Å². The van der Waals surface area contributed by atoms with E-state index in [4.69, 9.17) is 21.9 Å². The minimum Gasteiger partial charge on any atom is -0.508 e. The van der Waals surface area contributed by atoms with Crippen LogP contribution in [-0.4, -0.2) is 106 Å². The van der Waals surface area contributed by atoms with Gasteiger partial charge < -0.3 is 58.1 Å². The molecule has 3 saturated carbocycles. The molecule has 12 atom stereocenters. The summed E-state index contributed by atoms with van der Waals surface area (Å²) in [5.41, 5.74) is 24.7. The van der Waals surface area contributed by atoms with Crippen LogP contribution in [0.1, 0.15) is 156 Å². The summed E-state index contributed by atoms with van der Waals surface area (Å²) < 4.78 is 6.43. The zero-order valence-electron chi connectivity index (χ0n) is 51.2. The molecule has 3 fully saturated rings. The number of phenols is 1. The highest BCUT2D eigenvalue weighted by Crippen LogP contribution is 2.67. The lowest BCUT2D eigenvalue weighted by Crippen LogP contribution is -2.61. The Hall–Kier alpha value is -6.45. The van der Waals surface area contributed by atoms with Crippen molar-refractivity contribution >= 4 is 17.6 Å². The molecule has 464 valence electrons. The molecule has 3 aliphatic heterocycles. The van der Waals surface area contributed by atoms with Crippen molar-refractivity contribution < 1.29 is 39.9 Å². The molecule has 0 saturated heterocycles. The van der Waals surface area contributed by atoms with Gasteiger partial charge in [-0.25, -0.2) is 0 Å². The molecule has 2 spiro atoms. The minimum atomic E-state index is -1.41. The number of ether oxygens (including phenoxy) is 1. The summed E-state index contributed by atoms with van der Waals surface area (Å²) in [7, 11) is 0. The first-order valence-corrected chi connectivity index (χ1v) is 31.8. The molecule has 1 amide bonds. The summed E-state index contributed by atoms with van der Waals surface area (Å²) in [6.07, 6.45) is 17.4. The SMILES string of the molecule is C=C1C=C2C=CC3(CCC4(C5CCC(O)Cc6cccc(c6)CC(C(CN=C(N)N)c6ccc(O)cc6)C(O)CNC6C(=O)NC(N)c7cccc(c76)CC(=O)C(C)=C5CCC4(C)O)C3O)C(=C2)COCC#CCC(C)=CCC1NCC1CCCCC1. The smallest absolute Gasteiger partial charge is 0.243 e. The molecular weight excluding hydrogens is 1090 g/mol. The number of aromatic hydroxyl groups is 1. The Morgan fingerprint density at radius 2 is 1.69 bits per heavy atom. The molecule has 12 unspecified atom stereocenters. The first-order valence-electron chi connectivity index (χ1n) is 31.8. The third-order valence-electron chi connectivity index (χ3n) is 20.9. The lowest BCUT2D eigenvalue weighted by Gasteiger charge is -2.57. The molecule has 10 rings (SSSR count). The summed E-state index contributed by atoms with van der Waals surface area (Å²) >= 11 is 0. The number of ketones is 1. The lowest BCUT2D eigenvalue weighted by molar-refractivity contribution is -0.174. The van der Waals surface area contributed by atoms with Crippen molar-refractivity contribution in [2.24, 2.45) is 50.8 Å². The molecule has 4 bridgehead atoms. The van der Waals surface area contributed by atoms with Crippen molar-refractivity contribution in [2.75, 3.05) is 32.8 Å². The number of rotatable bonds is 7. The number of nitrogens with one attached hydrogen (secondary N) is 3. The predicted octanol–water partition coefficient (Wildman–Crippen LogP) is 8.08. The number of guanidine groups is 1. The number of carbonyl (C=O) groups is 2. The zero-order chi connectivity index (χ0) is 61.6. The largest absolute Gasteiger partial charge is 0.508 e. The molecule has 3 heterocycles. The van der Waals surface area contributed by atoms with E-state index in [1.54, 1.807) is 24.3 Å². The van der Waals surface area contributed by atoms with Crippen LogP contribution in [0.5, 0.6) is 5.75 Å². The van der Waals surface area contributed by atoms with Gasteiger partial charge in [0, 0.05) is 48.7 Å². The van der Waals surface area contributed by atoms with Crippen LogP contribution in [0.15, 0.2) is 142 Å². The summed E-state index contributed by atoms with van der Waals surface area (Å²) in [4.78, 5) is 34.1. The number of amides is 1. The predicted molar refractivity (Wildman–Crippen MR) is 342 cm³/mol. The Bertz CT molecular complexity index is 3280. The number of hydrogen-bond donors (Lipinski definition) is 11. The van der Waals surface area contributed by atoms with Gasteiger partial charge in [0.2, 0.25) is 5.91 Å². The molecule has 87 heavy (non-hydrogen) atoms. The van der Waals surface area contributed by atoms with Gasteiger partial charge in [-0.1, -0.05) is 134 Å². The number of nitrogens with two attached hydrogens (primary N) is 3. The van der Waals surface area contributed by atoms with Crippen LogP contribution in [0.3, 0.4) is 0 Å². The highest BCUT2D eigenvalue weighted by molar-refractivity contribution is 5.98. The molecule has 15 heteroatoms. The highest BCUT2D eigenvalue weighted by atomic mass is 16.5. The number of nitrogens with zero attached hydrogens (tertiary/aromatic N) is 1. The van der Waals surface area contributed by atoms with Gasteiger partial charge in [-0.2, -0.15) is 0 Å². The molecule has 14 N–H and O–H groups in total. The summed E-state index contributed by atoms with van der Waals surface area (Å²) in [6, 6.07) is 19.3. The average molecular weight is 1180 g/mol. The normalized spacial score (nSPS) is 31.8. The minimum absolute atomic E-state index is 0.0200. The Labute approximate surface area is 514 Å². The third-order valence-corrected chi connectivity index (χ3v) is 20.9. The molecule has 7 aliphatic rings. The van der Waals surface area contributed by atoms with Gasteiger partial charge in [0.05, 0.1) is 30.5 Å². The van der Waals surface area contributed by atoms with Gasteiger partial charge in [-0.15, -0.1) is 0 Å². The fourth-order valence-corrected chi connectivity index (χ4v) is 15.9. The summed E-state index contributed by atoms with van der Waals surface area (Å²) in [5.74, 6) is 5.01. The van der Waals surface area contributed by atoms with Crippen LogP contribution in [0.25, 0.3) is 0 Å². The van der Waals surface area contributed by atoms with Crippen LogP contribution in [0, 0.1) is 40.4 Å². The van der Waals surface area contributed by atoms with Crippen LogP contribution < -0.4 is 33.2 Å². The number of carbonyl (C=O) groups excluding carboxylic acids is 2. The molecule has 3 aromatic rings. The van der Waals surface area contributed by atoms with Crippen LogP contribution >= 0.6 is 0 Å². The van der Waals surface area contributed by atoms with Crippen molar-refractivity contribution in [1.82, 2.24) is 16.0 Å². The number of aliphatic hydroxyl groups is 4. The van der Waals surface area contributed by atoms with E-state index in [1.165, 1.54) is 37.7 Å². The van der Waals surface area contributed by atoms with Crippen LogP contribution in [0.4, 0.5) is 0 Å². The fourth-order valence-electron chi connectivity index (χ4n) is 15.9. The summed E-state index contributed by atoms with van der Waals surface area (Å²) in [6.45, 7) is 11.9. The molecule has 4 aliphatic carbocycles. The number of aliphatic imine (C=N–C) groups is 1. The van der Waals surface area contributed by atoms with E-state index in [1.807, 2.05) is 56.3 Å². The number of phenolic OH excluding ortho intramolecular Hbond substituents is 1. The number of hydrogen-bond acceptors (Lipinski definition) is 12. The highest BCUT2D eigenvalue weighted by Gasteiger charge is 2.68. The van der Waals surface area contributed by atoms with E-state index in [0.717, 1.165) is 51.9 Å². The fraction of sp³-hybridized carbons (Fsp3) is 0.514. The van der Waals surface area contributed by atoms with Crippen molar-refractivity contribution in [3.63, 3.8) is 0 Å². The van der Waals surface area contributed by atoms with Gasteiger partial charge in [-0.3, -0.25) is 19.9 Å². The maximum atomic E-state index is 15.4. The quantitative estimate of drug-likeness (QED) is 0.0463. The Kier molecular flexibility index (Phi) is 20.1. The van der Waals surface area contributed by atoms with Gasteiger partial charge in [0.25, 0.3) is 0 Å². The van der Waals surface area contributed by atoms with Crippen molar-refractivity contribution in [1.29, 1.82) is 0 Å². The standard InChI is InChI=1S/C72H93N7O8/c1-44-12-8-9-33-87-43-53-36-50(34-45(2)61(26-19-44)76-40-47-13-6-5-7-14-47)27-30-71(53)31-32-72(68(71)85)60-25-24-55(81)37-48-15-10-16-49(35-48)38-58(59(41-78-69(74)75)51-20-22-54(80)23-21-51)63(83)42-77-65-64-52(17-11-18-57(64)66(73)79-67(65)84)39-62(82)46(3)56(60)28-29-70(72,4)86/h10-11,15-23,27,30,34-36,47,55,58-61,63,65-66,68,76-77,80-81,83,85-86H,2,5-7,12-14,24-26,28-29,31-33,37-43,73H2,1,3-4H3,(H,79,84)(H4,74,75,78). The summed E-state index contributed by atoms with van der Waals surface area (Å²) in [5, 5.41) is 72.4. The van der Waals surface area contributed by atoms with Gasteiger partial charge >= 0.3 is 0 Å². The topological polar surface area (TPSA) is 271 Å². The second-order valence-electron chi connectivity index (χ2n) is 26.5. The average Bonchev–Trinajstić information content (AvgIpc) is 1.59. The van der Waals surface area contributed by atoms with E-state index in [0.29, 0.717) is 86.0 Å². The molecule has 0 aromatic heterocycles. The monoisotopic (exact) mass is 1180 g/mol. The Balaban J connectivity index is 1.03. The number of benzene rings is 3. The Morgan fingerprint density at radius 3 is 2.46 bits per heavy atom. The van der Waals surface area contributed by atoms with Crippen molar-refractivity contribution in [3.8, 4) is 17.6 Å². The molecule has 15 nitrogen and oxygen atoms in total. The number of β-amino-alcohol motifs (C(OH)–C–C–N with tert-alkyl or cyclic N) is 1. The number of fused-ring (bicyclic) bond motifs is 6. The van der Waals surface area contributed by atoms with Gasteiger partial charge in [-0.05, 0) is 184 Å². The van der Waals surface area contributed by atoms with Crippen LogP contribution in [-0.2, 0) is 33.6 Å². The molecule has 0 radical (unpaired) electrons. The first-order chi connectivity index (χ1) is 41.8. The number of allylic oxidation sites excluding steroid dienone is 6. The zero-order valence-corrected chi connectivity index (χ0v) is 51.2. The first kappa shape index (κ1) is 63.6. The second kappa shape index (κ2) is 27.5. The van der Waals surface area contributed by atoms with Crippen molar-refractivity contribution in [2.45, 2.75) is 172 Å². The van der Waals surface area contributed by atoms with Crippen molar-refractivity contribution in [3.05, 3.63) is 171 Å². The number of aliphatic hydroxyl groups excluding tert-OH is 3. The van der Waals surface area contributed by atoms with E-state index in [9.17, 15) is 30.3 Å². The number of Topliss-reactive ketones (excluding diaryl/α,β-unsaturated/α-hetero) is 1. The third kappa shape index (κ3) is 13.9. The maximum absolute atomic E-state index is 15.4. The van der Waals surface area contributed by atoms with Crippen LogP contribution in [0.2, 0.25) is 0 Å². The van der Waals surface area contributed by atoms with Gasteiger partial charge in [0.15, 0.2) is 11.7 Å².